The van der Waals surface area contributed by atoms with Gasteiger partial charge in [-0.05, 0) is 24.1 Å². The van der Waals surface area contributed by atoms with Gasteiger partial charge < -0.3 is 10.4 Å². The number of hydrogen-bond donors (Lipinski definition) is 2. The summed E-state index contributed by atoms with van der Waals surface area (Å²) in [6.07, 6.45) is 1.43. The SMILES string of the molecule is O=C(Cc1csc(Cc2ccc(F)cc2)n1)NCCCO. The third kappa shape index (κ3) is 5.24. The fraction of sp³-hybridized carbons (Fsp3) is 0.333. The van der Waals surface area contributed by atoms with E-state index in [1.54, 1.807) is 12.1 Å². The molecule has 21 heavy (non-hydrogen) atoms. The molecule has 0 saturated carbocycles. The van der Waals surface area contributed by atoms with Crippen molar-refractivity contribution in [2.24, 2.45) is 0 Å². The Morgan fingerprint density at radius 2 is 2.10 bits per heavy atom. The van der Waals surface area contributed by atoms with Crippen molar-refractivity contribution in [2.45, 2.75) is 19.3 Å². The summed E-state index contributed by atoms with van der Waals surface area (Å²) in [5, 5.41) is 14.1. The number of carbonyl (C=O) groups is 1. The number of nitrogens with zero attached hydrogens (tertiary/aromatic N) is 1. The van der Waals surface area contributed by atoms with E-state index in [0.717, 1.165) is 16.3 Å². The largest absolute Gasteiger partial charge is 0.396 e. The van der Waals surface area contributed by atoms with Crippen molar-refractivity contribution in [3.63, 3.8) is 0 Å². The minimum absolute atomic E-state index is 0.0683. The summed E-state index contributed by atoms with van der Waals surface area (Å²) in [6.45, 7) is 0.542. The molecule has 0 aliphatic heterocycles. The van der Waals surface area contributed by atoms with Crippen LogP contribution >= 0.6 is 11.3 Å². The van der Waals surface area contributed by atoms with Crippen LogP contribution in [0.1, 0.15) is 22.7 Å². The van der Waals surface area contributed by atoms with Crippen molar-refractivity contribution < 1.29 is 14.3 Å². The van der Waals surface area contributed by atoms with Gasteiger partial charge in [0.2, 0.25) is 5.91 Å². The number of aliphatic hydroxyl groups is 1. The fourth-order valence-electron chi connectivity index (χ4n) is 1.82. The van der Waals surface area contributed by atoms with Crippen LogP contribution in [0.2, 0.25) is 0 Å². The molecule has 0 spiro atoms. The van der Waals surface area contributed by atoms with Gasteiger partial charge in [-0.1, -0.05) is 12.1 Å². The number of amides is 1. The molecule has 2 aromatic rings. The van der Waals surface area contributed by atoms with Gasteiger partial charge in [-0.15, -0.1) is 11.3 Å². The number of halogens is 1. The highest BCUT2D eigenvalue weighted by molar-refractivity contribution is 7.09. The minimum Gasteiger partial charge on any atom is -0.396 e. The monoisotopic (exact) mass is 308 g/mol. The van der Waals surface area contributed by atoms with E-state index < -0.39 is 0 Å². The predicted octanol–water partition coefficient (Wildman–Crippen LogP) is 1.91. The number of nitrogens with one attached hydrogen (secondary N) is 1. The molecule has 2 rings (SSSR count). The quantitative estimate of drug-likeness (QED) is 0.768. The average molecular weight is 308 g/mol. The molecular formula is C15H17FN2O2S. The third-order valence-corrected chi connectivity index (χ3v) is 3.76. The summed E-state index contributed by atoms with van der Waals surface area (Å²) >= 11 is 1.49. The maximum Gasteiger partial charge on any atom is 0.226 e. The summed E-state index contributed by atoms with van der Waals surface area (Å²) in [5.41, 5.74) is 1.73. The molecule has 1 aromatic heterocycles. The lowest BCUT2D eigenvalue weighted by atomic mass is 10.1. The second-order valence-electron chi connectivity index (χ2n) is 4.64. The van der Waals surface area contributed by atoms with Crippen molar-refractivity contribution in [1.82, 2.24) is 10.3 Å². The van der Waals surface area contributed by atoms with Gasteiger partial charge >= 0.3 is 0 Å². The second-order valence-corrected chi connectivity index (χ2v) is 5.58. The van der Waals surface area contributed by atoms with E-state index in [4.69, 9.17) is 5.11 Å². The average Bonchev–Trinajstić information content (AvgIpc) is 2.89. The van der Waals surface area contributed by atoms with Crippen LogP contribution in [0.3, 0.4) is 0 Å². The van der Waals surface area contributed by atoms with Gasteiger partial charge in [-0.3, -0.25) is 4.79 Å². The van der Waals surface area contributed by atoms with Gasteiger partial charge in [-0.25, -0.2) is 9.37 Å². The lowest BCUT2D eigenvalue weighted by Gasteiger charge is -2.01. The summed E-state index contributed by atoms with van der Waals surface area (Å²) < 4.78 is 12.8. The topological polar surface area (TPSA) is 62.2 Å². The summed E-state index contributed by atoms with van der Waals surface area (Å²) in [6, 6.07) is 6.33. The van der Waals surface area contributed by atoms with E-state index >= 15 is 0 Å². The smallest absolute Gasteiger partial charge is 0.226 e. The first kappa shape index (κ1) is 15.6. The number of aromatic nitrogens is 1. The number of thiazole rings is 1. The van der Waals surface area contributed by atoms with Crippen molar-refractivity contribution in [3.8, 4) is 0 Å². The van der Waals surface area contributed by atoms with E-state index in [-0.39, 0.29) is 24.8 Å². The molecule has 4 nitrogen and oxygen atoms in total. The lowest BCUT2D eigenvalue weighted by molar-refractivity contribution is -0.120. The van der Waals surface area contributed by atoms with Crippen LogP contribution in [0.15, 0.2) is 29.6 Å². The number of hydrogen-bond acceptors (Lipinski definition) is 4. The molecule has 0 aliphatic rings. The zero-order valence-corrected chi connectivity index (χ0v) is 12.3. The first-order valence-electron chi connectivity index (χ1n) is 6.72. The van der Waals surface area contributed by atoms with Gasteiger partial charge in [0.15, 0.2) is 0 Å². The van der Waals surface area contributed by atoms with Crippen molar-refractivity contribution in [3.05, 3.63) is 51.7 Å². The molecule has 1 heterocycles. The van der Waals surface area contributed by atoms with E-state index in [0.29, 0.717) is 19.4 Å². The first-order chi connectivity index (χ1) is 10.2. The van der Waals surface area contributed by atoms with E-state index in [1.807, 2.05) is 5.38 Å². The predicted molar refractivity (Wildman–Crippen MR) is 79.7 cm³/mol. The Morgan fingerprint density at radius 3 is 2.81 bits per heavy atom. The molecule has 1 amide bonds. The van der Waals surface area contributed by atoms with Gasteiger partial charge in [0, 0.05) is 25.0 Å². The van der Waals surface area contributed by atoms with Gasteiger partial charge in [0.25, 0.3) is 0 Å². The normalized spacial score (nSPS) is 10.6. The van der Waals surface area contributed by atoms with Crippen LogP contribution in [0.25, 0.3) is 0 Å². The summed E-state index contributed by atoms with van der Waals surface area (Å²) in [5.74, 6) is -0.347. The number of carbonyl (C=O) groups excluding carboxylic acids is 1. The summed E-state index contributed by atoms with van der Waals surface area (Å²) in [4.78, 5) is 16.0. The Balaban J connectivity index is 1.86. The molecule has 0 aliphatic carbocycles. The van der Waals surface area contributed by atoms with Crippen molar-refractivity contribution in [1.29, 1.82) is 0 Å². The van der Waals surface area contributed by atoms with Crippen molar-refractivity contribution >= 4 is 17.2 Å². The maximum atomic E-state index is 12.8. The van der Waals surface area contributed by atoms with Gasteiger partial charge in [0.1, 0.15) is 5.82 Å². The molecule has 0 saturated heterocycles. The Morgan fingerprint density at radius 1 is 1.33 bits per heavy atom. The van der Waals surface area contributed by atoms with Crippen LogP contribution in [-0.2, 0) is 17.6 Å². The second kappa shape index (κ2) is 7.85. The number of benzene rings is 1. The maximum absolute atomic E-state index is 12.8. The molecule has 6 heteroatoms. The third-order valence-electron chi connectivity index (χ3n) is 2.87. The Labute approximate surface area is 126 Å². The van der Waals surface area contributed by atoms with Crippen LogP contribution < -0.4 is 5.32 Å². The molecule has 0 fully saturated rings. The molecule has 2 N–H and O–H groups in total. The molecule has 0 bridgehead atoms. The number of aliphatic hydroxyl groups excluding tert-OH is 1. The lowest BCUT2D eigenvalue weighted by Crippen LogP contribution is -2.26. The van der Waals surface area contributed by atoms with E-state index in [2.05, 4.69) is 10.3 Å². The molecular weight excluding hydrogens is 291 g/mol. The minimum atomic E-state index is -0.252. The summed E-state index contributed by atoms with van der Waals surface area (Å²) in [7, 11) is 0. The zero-order chi connectivity index (χ0) is 15.1. The zero-order valence-electron chi connectivity index (χ0n) is 11.5. The highest BCUT2D eigenvalue weighted by Crippen LogP contribution is 2.15. The molecule has 1 aromatic carbocycles. The first-order valence-corrected chi connectivity index (χ1v) is 7.60. The molecule has 0 radical (unpaired) electrons. The fourth-order valence-corrected chi connectivity index (χ4v) is 2.65. The molecule has 112 valence electrons. The van der Waals surface area contributed by atoms with E-state index in [1.165, 1.54) is 23.5 Å². The Kier molecular flexibility index (Phi) is 5.83. The molecule has 0 atom stereocenters. The van der Waals surface area contributed by atoms with Gasteiger partial charge in [-0.2, -0.15) is 0 Å². The standard InChI is InChI=1S/C15H17FN2O2S/c16-12-4-2-11(3-5-12)8-15-18-13(10-21-15)9-14(20)17-6-1-7-19/h2-5,10,19H,1,6-9H2,(H,17,20). The van der Waals surface area contributed by atoms with Crippen LogP contribution in [0.4, 0.5) is 4.39 Å². The highest BCUT2D eigenvalue weighted by atomic mass is 32.1. The Hall–Kier alpha value is -1.79. The highest BCUT2D eigenvalue weighted by Gasteiger charge is 2.08. The number of rotatable bonds is 7. The van der Waals surface area contributed by atoms with E-state index in [9.17, 15) is 9.18 Å². The van der Waals surface area contributed by atoms with Crippen LogP contribution in [0, 0.1) is 5.82 Å². The van der Waals surface area contributed by atoms with Crippen molar-refractivity contribution in [2.75, 3.05) is 13.2 Å². The van der Waals surface area contributed by atoms with Crippen LogP contribution in [0.5, 0.6) is 0 Å². The van der Waals surface area contributed by atoms with Crippen LogP contribution in [-0.4, -0.2) is 29.1 Å². The Bertz CT molecular complexity index is 584. The molecule has 0 unspecified atom stereocenters. The van der Waals surface area contributed by atoms with Gasteiger partial charge in [0.05, 0.1) is 17.1 Å².